The summed E-state index contributed by atoms with van der Waals surface area (Å²) in [6.07, 6.45) is 3.85. The first-order chi connectivity index (χ1) is 10.2. The zero-order valence-corrected chi connectivity index (χ0v) is 13.3. The van der Waals surface area contributed by atoms with E-state index in [0.29, 0.717) is 12.8 Å². The molecular formula is C17H23NO2S. The second-order valence-corrected chi connectivity index (χ2v) is 6.21. The standard InChI is InChI=1S/C17H23NO2S/c1-2-14(10-11-19)18-17(20)9-5-6-13-12-21-16-8-4-3-7-15(13)16/h3-4,7-8,12,14,19H,2,5-6,9-11H2,1H3,(H,18,20). The average molecular weight is 305 g/mol. The number of aliphatic hydroxyl groups excluding tert-OH is 1. The average Bonchev–Trinajstić information content (AvgIpc) is 2.90. The highest BCUT2D eigenvalue weighted by Gasteiger charge is 2.10. The molecule has 1 aromatic heterocycles. The molecule has 1 amide bonds. The lowest BCUT2D eigenvalue weighted by atomic mass is 10.1. The highest BCUT2D eigenvalue weighted by atomic mass is 32.1. The van der Waals surface area contributed by atoms with Crippen molar-refractivity contribution >= 4 is 27.3 Å². The fourth-order valence-corrected chi connectivity index (χ4v) is 3.50. The lowest BCUT2D eigenvalue weighted by Gasteiger charge is -2.15. The molecular weight excluding hydrogens is 282 g/mol. The van der Waals surface area contributed by atoms with E-state index in [1.165, 1.54) is 15.6 Å². The topological polar surface area (TPSA) is 49.3 Å². The normalized spacial score (nSPS) is 12.5. The lowest BCUT2D eigenvalue weighted by molar-refractivity contribution is -0.122. The molecule has 4 heteroatoms. The van der Waals surface area contributed by atoms with Crippen molar-refractivity contribution in [3.05, 3.63) is 35.2 Å². The number of hydrogen-bond acceptors (Lipinski definition) is 3. The molecule has 0 saturated heterocycles. The molecule has 21 heavy (non-hydrogen) atoms. The molecule has 3 nitrogen and oxygen atoms in total. The SMILES string of the molecule is CCC(CCO)NC(=O)CCCc1csc2ccccc12. The van der Waals surface area contributed by atoms with Gasteiger partial charge in [0, 0.05) is 23.8 Å². The maximum Gasteiger partial charge on any atom is 0.220 e. The van der Waals surface area contributed by atoms with Crippen LogP contribution < -0.4 is 5.32 Å². The molecule has 0 spiro atoms. The van der Waals surface area contributed by atoms with E-state index < -0.39 is 0 Å². The fourth-order valence-electron chi connectivity index (χ4n) is 2.50. The van der Waals surface area contributed by atoms with Gasteiger partial charge in [-0.3, -0.25) is 4.79 Å². The number of thiophene rings is 1. The lowest BCUT2D eigenvalue weighted by Crippen LogP contribution is -2.34. The van der Waals surface area contributed by atoms with Gasteiger partial charge in [0.05, 0.1) is 0 Å². The van der Waals surface area contributed by atoms with Crippen molar-refractivity contribution in [2.45, 2.75) is 45.1 Å². The number of carbonyl (C=O) groups excluding carboxylic acids is 1. The largest absolute Gasteiger partial charge is 0.396 e. The van der Waals surface area contributed by atoms with Gasteiger partial charge in [-0.15, -0.1) is 11.3 Å². The number of fused-ring (bicyclic) bond motifs is 1. The van der Waals surface area contributed by atoms with E-state index in [1.54, 1.807) is 11.3 Å². The number of carbonyl (C=O) groups is 1. The zero-order chi connectivity index (χ0) is 15.1. The maximum absolute atomic E-state index is 11.9. The Hall–Kier alpha value is -1.39. The van der Waals surface area contributed by atoms with Crippen LogP contribution in [0.3, 0.4) is 0 Å². The first kappa shape index (κ1) is 16.0. The van der Waals surface area contributed by atoms with Crippen LogP contribution in [0.2, 0.25) is 0 Å². The summed E-state index contributed by atoms with van der Waals surface area (Å²) in [4.78, 5) is 11.9. The van der Waals surface area contributed by atoms with Gasteiger partial charge < -0.3 is 10.4 Å². The summed E-state index contributed by atoms with van der Waals surface area (Å²) < 4.78 is 1.31. The molecule has 2 N–H and O–H groups in total. The van der Waals surface area contributed by atoms with Crippen LogP contribution in [0.15, 0.2) is 29.6 Å². The Balaban J connectivity index is 1.80. The highest BCUT2D eigenvalue weighted by molar-refractivity contribution is 7.17. The first-order valence-electron chi connectivity index (χ1n) is 7.60. The molecule has 2 aromatic rings. The van der Waals surface area contributed by atoms with Crippen LogP contribution in [-0.4, -0.2) is 23.7 Å². The molecule has 0 aliphatic heterocycles. The second kappa shape index (κ2) is 8.15. The molecule has 0 saturated carbocycles. The molecule has 1 atom stereocenters. The minimum Gasteiger partial charge on any atom is -0.396 e. The summed E-state index contributed by atoms with van der Waals surface area (Å²) >= 11 is 1.77. The van der Waals surface area contributed by atoms with Gasteiger partial charge in [0.1, 0.15) is 0 Å². The molecule has 0 radical (unpaired) electrons. The first-order valence-corrected chi connectivity index (χ1v) is 8.48. The van der Waals surface area contributed by atoms with Crippen LogP contribution in [-0.2, 0) is 11.2 Å². The molecule has 0 fully saturated rings. The van der Waals surface area contributed by atoms with Gasteiger partial charge in [0.15, 0.2) is 0 Å². The van der Waals surface area contributed by atoms with Gasteiger partial charge in [-0.2, -0.15) is 0 Å². The zero-order valence-electron chi connectivity index (χ0n) is 12.5. The number of hydrogen-bond donors (Lipinski definition) is 2. The predicted molar refractivity (Wildman–Crippen MR) is 88.7 cm³/mol. The Kier molecular flexibility index (Phi) is 6.21. The molecule has 114 valence electrons. The fraction of sp³-hybridized carbons (Fsp3) is 0.471. The predicted octanol–water partition coefficient (Wildman–Crippen LogP) is 3.50. The summed E-state index contributed by atoms with van der Waals surface area (Å²) in [5.41, 5.74) is 1.34. The Morgan fingerprint density at radius 1 is 1.38 bits per heavy atom. The summed E-state index contributed by atoms with van der Waals surface area (Å²) in [5.74, 6) is 0.0924. The van der Waals surface area contributed by atoms with Crippen LogP contribution in [0.5, 0.6) is 0 Å². The number of aliphatic hydroxyl groups is 1. The minimum atomic E-state index is 0.0924. The number of aryl methyl sites for hydroxylation is 1. The third-order valence-corrected chi connectivity index (χ3v) is 4.76. The van der Waals surface area contributed by atoms with Crippen molar-refractivity contribution in [2.75, 3.05) is 6.61 Å². The van der Waals surface area contributed by atoms with E-state index >= 15 is 0 Å². The molecule has 1 heterocycles. The van der Waals surface area contributed by atoms with Gasteiger partial charge in [-0.25, -0.2) is 0 Å². The third kappa shape index (κ3) is 4.55. The highest BCUT2D eigenvalue weighted by Crippen LogP contribution is 2.26. The minimum absolute atomic E-state index is 0.0924. The Morgan fingerprint density at radius 3 is 2.95 bits per heavy atom. The van der Waals surface area contributed by atoms with Crippen molar-refractivity contribution in [1.82, 2.24) is 5.32 Å². The smallest absolute Gasteiger partial charge is 0.220 e. The molecule has 2 rings (SSSR count). The number of benzene rings is 1. The van der Waals surface area contributed by atoms with Crippen LogP contribution in [0.25, 0.3) is 10.1 Å². The Morgan fingerprint density at radius 2 is 2.19 bits per heavy atom. The van der Waals surface area contributed by atoms with Crippen LogP contribution in [0.1, 0.15) is 38.2 Å². The molecule has 0 bridgehead atoms. The van der Waals surface area contributed by atoms with Gasteiger partial charge in [0.2, 0.25) is 5.91 Å². The number of amides is 1. The summed E-state index contributed by atoms with van der Waals surface area (Å²) in [6, 6.07) is 8.50. The molecule has 0 aliphatic rings. The van der Waals surface area contributed by atoms with Gasteiger partial charge in [0.25, 0.3) is 0 Å². The van der Waals surface area contributed by atoms with Crippen molar-refractivity contribution < 1.29 is 9.90 Å². The van der Waals surface area contributed by atoms with Crippen LogP contribution in [0, 0.1) is 0 Å². The van der Waals surface area contributed by atoms with Gasteiger partial charge in [-0.1, -0.05) is 25.1 Å². The summed E-state index contributed by atoms with van der Waals surface area (Å²) in [7, 11) is 0. The molecule has 1 aromatic carbocycles. The maximum atomic E-state index is 11.9. The van der Waals surface area contributed by atoms with Crippen molar-refractivity contribution in [2.24, 2.45) is 0 Å². The van der Waals surface area contributed by atoms with Crippen molar-refractivity contribution in [1.29, 1.82) is 0 Å². The number of rotatable bonds is 8. The van der Waals surface area contributed by atoms with E-state index in [9.17, 15) is 4.79 Å². The molecule has 0 aliphatic carbocycles. The quantitative estimate of drug-likeness (QED) is 0.784. The van der Waals surface area contributed by atoms with Crippen LogP contribution in [0.4, 0.5) is 0 Å². The third-order valence-electron chi connectivity index (χ3n) is 3.75. The molecule has 1 unspecified atom stereocenters. The van der Waals surface area contributed by atoms with E-state index in [2.05, 4.69) is 35.0 Å². The monoisotopic (exact) mass is 305 g/mol. The van der Waals surface area contributed by atoms with Crippen molar-refractivity contribution in [3.63, 3.8) is 0 Å². The van der Waals surface area contributed by atoms with Crippen LogP contribution >= 0.6 is 11.3 Å². The summed E-state index contributed by atoms with van der Waals surface area (Å²) in [5, 5.41) is 15.4. The Bertz CT molecular complexity index is 579. The van der Waals surface area contributed by atoms with E-state index in [-0.39, 0.29) is 18.6 Å². The van der Waals surface area contributed by atoms with Gasteiger partial charge >= 0.3 is 0 Å². The van der Waals surface area contributed by atoms with E-state index in [4.69, 9.17) is 5.11 Å². The van der Waals surface area contributed by atoms with Crippen molar-refractivity contribution in [3.8, 4) is 0 Å². The van der Waals surface area contributed by atoms with E-state index in [1.807, 2.05) is 6.92 Å². The second-order valence-electron chi connectivity index (χ2n) is 5.30. The summed E-state index contributed by atoms with van der Waals surface area (Å²) in [6.45, 7) is 2.15. The Labute approximate surface area is 130 Å². The number of nitrogens with one attached hydrogen (secondary N) is 1. The van der Waals surface area contributed by atoms with E-state index in [0.717, 1.165) is 19.3 Å². The van der Waals surface area contributed by atoms with Gasteiger partial charge in [-0.05, 0) is 48.1 Å².